The second-order valence-corrected chi connectivity index (χ2v) is 6.97. The summed E-state index contributed by atoms with van der Waals surface area (Å²) in [6.07, 6.45) is 4.43. The van der Waals surface area contributed by atoms with Gasteiger partial charge in [-0.25, -0.2) is 0 Å². The van der Waals surface area contributed by atoms with Crippen LogP contribution in [0.3, 0.4) is 0 Å². The Morgan fingerprint density at radius 2 is 1.95 bits per heavy atom. The van der Waals surface area contributed by atoms with Crippen molar-refractivity contribution >= 4 is 0 Å². The van der Waals surface area contributed by atoms with Gasteiger partial charge >= 0.3 is 0 Å². The summed E-state index contributed by atoms with van der Waals surface area (Å²) in [6, 6.07) is 6.48. The Balaban J connectivity index is 2.31. The van der Waals surface area contributed by atoms with E-state index < -0.39 is 0 Å². The second kappa shape index (κ2) is 5.16. The van der Waals surface area contributed by atoms with Crippen molar-refractivity contribution in [2.45, 2.75) is 51.9 Å². The fraction of sp³-hybridized carbons (Fsp3) is 0.647. The van der Waals surface area contributed by atoms with Crippen molar-refractivity contribution in [1.82, 2.24) is 0 Å². The lowest BCUT2D eigenvalue weighted by atomic mass is 9.65. The molecule has 0 unspecified atom stereocenters. The van der Waals surface area contributed by atoms with Gasteiger partial charge in [0, 0.05) is 6.61 Å². The number of rotatable bonds is 4. The first kappa shape index (κ1) is 14.4. The number of methoxy groups -OCH3 is 1. The van der Waals surface area contributed by atoms with E-state index in [2.05, 4.69) is 39.0 Å². The first-order valence-corrected chi connectivity index (χ1v) is 7.18. The maximum absolute atomic E-state index is 9.65. The maximum atomic E-state index is 9.65. The predicted octanol–water partition coefficient (Wildman–Crippen LogP) is 3.70. The van der Waals surface area contributed by atoms with Crippen LogP contribution in [0.25, 0.3) is 0 Å². The van der Waals surface area contributed by atoms with Crippen molar-refractivity contribution in [3.8, 4) is 5.75 Å². The molecule has 1 aromatic carbocycles. The fourth-order valence-electron chi connectivity index (χ4n) is 2.85. The second-order valence-electron chi connectivity index (χ2n) is 6.97. The summed E-state index contributed by atoms with van der Waals surface area (Å²) in [5.74, 6) is 0.952. The first-order chi connectivity index (χ1) is 8.90. The van der Waals surface area contributed by atoms with Crippen molar-refractivity contribution in [2.24, 2.45) is 5.41 Å². The van der Waals surface area contributed by atoms with Crippen LogP contribution in [0.2, 0.25) is 0 Å². The quantitative estimate of drug-likeness (QED) is 0.896. The fourth-order valence-corrected chi connectivity index (χ4v) is 2.85. The van der Waals surface area contributed by atoms with Gasteiger partial charge in [-0.15, -0.1) is 0 Å². The average Bonchev–Trinajstić information content (AvgIpc) is 2.32. The normalized spacial score (nSPS) is 17.9. The zero-order valence-electron chi connectivity index (χ0n) is 12.6. The topological polar surface area (TPSA) is 29.5 Å². The Morgan fingerprint density at radius 3 is 2.37 bits per heavy atom. The van der Waals surface area contributed by atoms with Crippen LogP contribution in [0.15, 0.2) is 18.2 Å². The molecule has 0 saturated heterocycles. The Morgan fingerprint density at radius 1 is 1.26 bits per heavy atom. The highest BCUT2D eigenvalue weighted by molar-refractivity contribution is 5.40. The molecule has 0 radical (unpaired) electrons. The molecule has 1 aromatic rings. The summed E-state index contributed by atoms with van der Waals surface area (Å²) < 4.78 is 5.49. The molecule has 106 valence electrons. The highest BCUT2D eigenvalue weighted by Crippen LogP contribution is 2.45. The molecule has 1 fully saturated rings. The minimum atomic E-state index is 0.101. The molecule has 2 heteroatoms. The third-order valence-electron chi connectivity index (χ3n) is 4.46. The van der Waals surface area contributed by atoms with Gasteiger partial charge in [-0.05, 0) is 47.3 Å². The predicted molar refractivity (Wildman–Crippen MR) is 78.8 cm³/mol. The smallest absolute Gasteiger partial charge is 0.122 e. The van der Waals surface area contributed by atoms with E-state index in [0.717, 1.165) is 25.0 Å². The molecule has 1 N–H and O–H groups in total. The molecule has 0 spiro atoms. The van der Waals surface area contributed by atoms with Crippen molar-refractivity contribution in [1.29, 1.82) is 0 Å². The largest absolute Gasteiger partial charge is 0.496 e. The van der Waals surface area contributed by atoms with Gasteiger partial charge in [0.1, 0.15) is 5.75 Å². The molecule has 2 rings (SSSR count). The van der Waals surface area contributed by atoms with Crippen LogP contribution in [0.4, 0.5) is 0 Å². The van der Waals surface area contributed by atoms with Crippen LogP contribution in [0.5, 0.6) is 5.75 Å². The van der Waals surface area contributed by atoms with E-state index in [1.54, 1.807) is 7.11 Å². The van der Waals surface area contributed by atoms with E-state index in [0.29, 0.717) is 0 Å². The highest BCUT2D eigenvalue weighted by Gasteiger charge is 2.37. The summed E-state index contributed by atoms with van der Waals surface area (Å²) in [7, 11) is 1.72. The zero-order chi connectivity index (χ0) is 14.1. The highest BCUT2D eigenvalue weighted by atomic mass is 16.5. The number of ether oxygens (including phenoxy) is 1. The minimum absolute atomic E-state index is 0.101. The lowest BCUT2D eigenvalue weighted by molar-refractivity contribution is 0.0445. The Bertz CT molecular complexity index is 434. The molecule has 0 heterocycles. The molecule has 19 heavy (non-hydrogen) atoms. The maximum Gasteiger partial charge on any atom is 0.122 e. The van der Waals surface area contributed by atoms with Crippen LogP contribution in [0, 0.1) is 5.41 Å². The SMILES string of the molecule is COc1ccc(C(C)(C)C)cc1CC1(CO)CCC1. The van der Waals surface area contributed by atoms with E-state index in [-0.39, 0.29) is 17.4 Å². The monoisotopic (exact) mass is 262 g/mol. The lowest BCUT2D eigenvalue weighted by Crippen LogP contribution is -2.35. The molecule has 1 aliphatic rings. The van der Waals surface area contributed by atoms with Crippen molar-refractivity contribution in [3.63, 3.8) is 0 Å². The lowest BCUT2D eigenvalue weighted by Gasteiger charge is -2.41. The summed E-state index contributed by atoms with van der Waals surface area (Å²) in [5, 5.41) is 9.65. The zero-order valence-corrected chi connectivity index (χ0v) is 12.6. The molecule has 0 atom stereocenters. The van der Waals surface area contributed by atoms with Crippen molar-refractivity contribution < 1.29 is 9.84 Å². The third kappa shape index (κ3) is 2.94. The summed E-state index contributed by atoms with van der Waals surface area (Å²) in [4.78, 5) is 0. The number of aliphatic hydroxyl groups excluding tert-OH is 1. The van der Waals surface area contributed by atoms with Gasteiger partial charge in [0.2, 0.25) is 0 Å². The molecule has 0 bridgehead atoms. The van der Waals surface area contributed by atoms with Crippen LogP contribution >= 0.6 is 0 Å². The van der Waals surface area contributed by atoms with Gasteiger partial charge < -0.3 is 9.84 Å². The standard InChI is InChI=1S/C17H26O2/c1-16(2,3)14-6-7-15(19-4)13(10-14)11-17(12-18)8-5-9-17/h6-7,10,18H,5,8-9,11-12H2,1-4H3. The van der Waals surface area contributed by atoms with Crippen LogP contribution < -0.4 is 4.74 Å². The molecule has 0 amide bonds. The van der Waals surface area contributed by atoms with Gasteiger partial charge in [-0.1, -0.05) is 39.3 Å². The van der Waals surface area contributed by atoms with E-state index in [9.17, 15) is 5.11 Å². The summed E-state index contributed by atoms with van der Waals surface area (Å²) >= 11 is 0. The molecule has 1 saturated carbocycles. The Kier molecular flexibility index (Phi) is 3.91. The van der Waals surface area contributed by atoms with Crippen LogP contribution in [-0.4, -0.2) is 18.8 Å². The number of hydrogen-bond donors (Lipinski definition) is 1. The van der Waals surface area contributed by atoms with E-state index in [4.69, 9.17) is 4.74 Å². The van der Waals surface area contributed by atoms with E-state index >= 15 is 0 Å². The van der Waals surface area contributed by atoms with Gasteiger partial charge in [0.25, 0.3) is 0 Å². The average molecular weight is 262 g/mol. The molecular weight excluding hydrogens is 236 g/mol. The first-order valence-electron chi connectivity index (χ1n) is 7.18. The molecule has 0 aliphatic heterocycles. The molecular formula is C17H26O2. The summed E-state index contributed by atoms with van der Waals surface area (Å²) in [6.45, 7) is 6.97. The molecule has 0 aromatic heterocycles. The number of benzene rings is 1. The minimum Gasteiger partial charge on any atom is -0.496 e. The third-order valence-corrected chi connectivity index (χ3v) is 4.46. The van der Waals surface area contributed by atoms with Gasteiger partial charge in [0.15, 0.2) is 0 Å². The van der Waals surface area contributed by atoms with Crippen LogP contribution in [-0.2, 0) is 11.8 Å². The van der Waals surface area contributed by atoms with Gasteiger partial charge in [-0.2, -0.15) is 0 Å². The number of aliphatic hydroxyl groups is 1. The van der Waals surface area contributed by atoms with Gasteiger partial charge in [0.05, 0.1) is 7.11 Å². The number of hydrogen-bond acceptors (Lipinski definition) is 2. The summed E-state index contributed by atoms with van der Waals surface area (Å²) in [5.41, 5.74) is 2.82. The molecule has 2 nitrogen and oxygen atoms in total. The Labute approximate surface area is 116 Å². The Hall–Kier alpha value is -1.02. The molecule has 1 aliphatic carbocycles. The van der Waals surface area contributed by atoms with Crippen molar-refractivity contribution in [2.75, 3.05) is 13.7 Å². The van der Waals surface area contributed by atoms with Crippen molar-refractivity contribution in [3.05, 3.63) is 29.3 Å². The van der Waals surface area contributed by atoms with Crippen LogP contribution in [0.1, 0.15) is 51.2 Å². The van der Waals surface area contributed by atoms with Gasteiger partial charge in [-0.3, -0.25) is 0 Å². The van der Waals surface area contributed by atoms with E-state index in [1.807, 2.05) is 0 Å². The van der Waals surface area contributed by atoms with E-state index in [1.165, 1.54) is 17.5 Å².